The first kappa shape index (κ1) is 19.8. The minimum Gasteiger partial charge on any atom is -0.497 e. The first-order valence-corrected chi connectivity index (χ1v) is 9.36. The normalized spacial score (nSPS) is 11.7. The van der Waals surface area contributed by atoms with E-state index in [1.807, 2.05) is 36.4 Å². The highest BCUT2D eigenvalue weighted by molar-refractivity contribution is 7.71. The second-order valence-corrected chi connectivity index (χ2v) is 7.72. The summed E-state index contributed by atoms with van der Waals surface area (Å²) in [6.07, 6.45) is 1.71. The maximum atomic E-state index is 5.86. The Hall–Kier alpha value is -2.93. The zero-order chi connectivity index (χ0) is 20.1. The molecule has 0 saturated heterocycles. The molecule has 28 heavy (non-hydrogen) atoms. The average Bonchev–Trinajstić information content (AvgIpc) is 3.04. The molecule has 146 valence electrons. The molecule has 1 heterocycles. The molecule has 3 rings (SSSR count). The lowest BCUT2D eigenvalue weighted by Gasteiger charge is -2.19. The van der Waals surface area contributed by atoms with Crippen LogP contribution in [0.15, 0.2) is 53.6 Å². The third-order valence-electron chi connectivity index (χ3n) is 4.24. The van der Waals surface area contributed by atoms with Gasteiger partial charge in [-0.2, -0.15) is 14.9 Å². The van der Waals surface area contributed by atoms with E-state index < -0.39 is 0 Å². The third-order valence-corrected chi connectivity index (χ3v) is 4.51. The lowest BCUT2D eigenvalue weighted by atomic mass is 9.87. The van der Waals surface area contributed by atoms with Gasteiger partial charge in [-0.3, -0.25) is 0 Å². The summed E-state index contributed by atoms with van der Waals surface area (Å²) < 4.78 is 13.0. The number of rotatable bonds is 6. The van der Waals surface area contributed by atoms with Crippen LogP contribution < -0.4 is 9.47 Å². The van der Waals surface area contributed by atoms with E-state index in [0.29, 0.717) is 10.6 Å². The van der Waals surface area contributed by atoms with Crippen LogP contribution in [0.1, 0.15) is 37.7 Å². The summed E-state index contributed by atoms with van der Waals surface area (Å²) in [7, 11) is 1.64. The molecule has 0 saturated carbocycles. The number of H-pyrrole nitrogens is 1. The van der Waals surface area contributed by atoms with Gasteiger partial charge in [-0.1, -0.05) is 32.9 Å². The predicted molar refractivity (Wildman–Crippen MR) is 113 cm³/mol. The molecule has 3 aromatic rings. The summed E-state index contributed by atoms with van der Waals surface area (Å²) in [5.41, 5.74) is 2.29. The van der Waals surface area contributed by atoms with Crippen molar-refractivity contribution in [2.24, 2.45) is 5.10 Å². The molecule has 0 fully saturated rings. The molecular weight excluding hydrogens is 372 g/mol. The second kappa shape index (κ2) is 8.39. The summed E-state index contributed by atoms with van der Waals surface area (Å²) in [6.45, 7) is 6.80. The molecule has 2 aromatic carbocycles. The van der Waals surface area contributed by atoms with Crippen LogP contribution >= 0.6 is 12.2 Å². The average molecular weight is 397 g/mol. The number of aromatic amines is 1. The standard InChI is InChI=1S/C21H24N4O2S/c1-21(2,3)16-7-11-18(12-8-16)27-14-19-23-24-20(28)25(19)22-13-15-5-9-17(26-4)10-6-15/h5-13H,14H2,1-4H3,(H,24,28)/b22-13-. The van der Waals surface area contributed by atoms with E-state index in [2.05, 4.69) is 48.2 Å². The van der Waals surface area contributed by atoms with Gasteiger partial charge in [0.15, 0.2) is 5.82 Å². The molecule has 0 bridgehead atoms. The Bertz CT molecular complexity index is 997. The van der Waals surface area contributed by atoms with Crippen LogP contribution in [0.25, 0.3) is 0 Å². The first-order valence-electron chi connectivity index (χ1n) is 8.95. The largest absolute Gasteiger partial charge is 0.497 e. The highest BCUT2D eigenvalue weighted by Gasteiger charge is 2.13. The SMILES string of the molecule is COc1ccc(/C=N\n2c(COc3ccc(C(C)(C)C)cc3)n[nH]c2=S)cc1. The number of methoxy groups -OCH3 is 1. The van der Waals surface area contributed by atoms with E-state index in [-0.39, 0.29) is 12.0 Å². The van der Waals surface area contributed by atoms with E-state index >= 15 is 0 Å². The molecule has 0 atom stereocenters. The fourth-order valence-electron chi connectivity index (χ4n) is 2.55. The van der Waals surface area contributed by atoms with Crippen LogP contribution in [0, 0.1) is 4.77 Å². The van der Waals surface area contributed by atoms with E-state index in [1.54, 1.807) is 18.0 Å². The molecule has 0 aliphatic carbocycles. The van der Waals surface area contributed by atoms with Gasteiger partial charge in [0.05, 0.1) is 13.3 Å². The quantitative estimate of drug-likeness (QED) is 0.484. The molecule has 0 aliphatic rings. The third kappa shape index (κ3) is 4.86. The Labute approximate surface area is 169 Å². The minimum atomic E-state index is 0.108. The zero-order valence-corrected chi connectivity index (χ0v) is 17.3. The molecule has 0 radical (unpaired) electrons. The van der Waals surface area contributed by atoms with Gasteiger partial charge >= 0.3 is 0 Å². The van der Waals surface area contributed by atoms with Gasteiger partial charge in [-0.25, -0.2) is 5.10 Å². The van der Waals surface area contributed by atoms with Crippen molar-refractivity contribution in [2.75, 3.05) is 7.11 Å². The van der Waals surface area contributed by atoms with Gasteiger partial charge in [-0.15, -0.1) is 0 Å². The van der Waals surface area contributed by atoms with Crippen molar-refractivity contribution >= 4 is 18.4 Å². The number of hydrogen-bond donors (Lipinski definition) is 1. The Balaban J connectivity index is 1.70. The smallest absolute Gasteiger partial charge is 0.216 e. The van der Waals surface area contributed by atoms with Crippen LogP contribution in [0.3, 0.4) is 0 Å². The van der Waals surface area contributed by atoms with Crippen LogP contribution in [0.5, 0.6) is 11.5 Å². The molecule has 0 spiro atoms. The lowest BCUT2D eigenvalue weighted by Crippen LogP contribution is -2.10. The fraction of sp³-hybridized carbons (Fsp3) is 0.286. The van der Waals surface area contributed by atoms with Crippen LogP contribution in [0.2, 0.25) is 0 Å². The summed E-state index contributed by atoms with van der Waals surface area (Å²) in [4.78, 5) is 0. The summed E-state index contributed by atoms with van der Waals surface area (Å²) in [6, 6.07) is 15.7. The van der Waals surface area contributed by atoms with Crippen molar-refractivity contribution in [1.82, 2.24) is 14.9 Å². The van der Waals surface area contributed by atoms with Crippen LogP contribution in [0.4, 0.5) is 0 Å². The molecule has 0 amide bonds. The molecule has 0 aliphatic heterocycles. The van der Waals surface area contributed by atoms with E-state index in [9.17, 15) is 0 Å². The molecule has 1 aromatic heterocycles. The summed E-state index contributed by atoms with van der Waals surface area (Å²) in [5.74, 6) is 2.16. The van der Waals surface area contributed by atoms with Gasteiger partial charge in [0.25, 0.3) is 0 Å². The highest BCUT2D eigenvalue weighted by atomic mass is 32.1. The Kier molecular flexibility index (Phi) is 5.94. The number of ether oxygens (including phenoxy) is 2. The molecule has 0 unspecified atom stereocenters. The van der Waals surface area contributed by atoms with Gasteiger partial charge in [0.1, 0.15) is 18.1 Å². The van der Waals surface area contributed by atoms with Crippen molar-refractivity contribution in [1.29, 1.82) is 0 Å². The summed E-state index contributed by atoms with van der Waals surface area (Å²) >= 11 is 5.27. The van der Waals surface area contributed by atoms with Gasteiger partial charge in [-0.05, 0) is 65.2 Å². The van der Waals surface area contributed by atoms with E-state index in [4.69, 9.17) is 21.7 Å². The first-order chi connectivity index (χ1) is 13.4. The van der Waals surface area contributed by atoms with Crippen LogP contribution in [-0.4, -0.2) is 28.2 Å². The van der Waals surface area contributed by atoms with Crippen LogP contribution in [-0.2, 0) is 12.0 Å². The molecule has 6 nitrogen and oxygen atoms in total. The zero-order valence-electron chi connectivity index (χ0n) is 16.5. The van der Waals surface area contributed by atoms with Gasteiger partial charge in [0.2, 0.25) is 4.77 Å². The topological polar surface area (TPSA) is 64.4 Å². The number of hydrogen-bond acceptors (Lipinski definition) is 5. The lowest BCUT2D eigenvalue weighted by molar-refractivity contribution is 0.290. The Morgan fingerprint density at radius 1 is 1.07 bits per heavy atom. The van der Waals surface area contributed by atoms with Crippen molar-refractivity contribution in [3.8, 4) is 11.5 Å². The molecule has 7 heteroatoms. The number of benzene rings is 2. The Morgan fingerprint density at radius 3 is 2.32 bits per heavy atom. The van der Waals surface area contributed by atoms with E-state index in [1.165, 1.54) is 5.56 Å². The van der Waals surface area contributed by atoms with Crippen molar-refractivity contribution in [3.63, 3.8) is 0 Å². The molecular formula is C21H24N4O2S. The predicted octanol–water partition coefficient (Wildman–Crippen LogP) is 4.71. The van der Waals surface area contributed by atoms with E-state index in [0.717, 1.165) is 17.1 Å². The Morgan fingerprint density at radius 2 is 1.71 bits per heavy atom. The number of aromatic nitrogens is 3. The van der Waals surface area contributed by atoms with Gasteiger partial charge < -0.3 is 9.47 Å². The monoisotopic (exact) mass is 396 g/mol. The molecule has 1 N–H and O–H groups in total. The number of nitrogens with one attached hydrogen (secondary N) is 1. The second-order valence-electron chi connectivity index (χ2n) is 7.34. The van der Waals surface area contributed by atoms with Crippen molar-refractivity contribution in [2.45, 2.75) is 32.8 Å². The maximum absolute atomic E-state index is 5.86. The maximum Gasteiger partial charge on any atom is 0.216 e. The van der Waals surface area contributed by atoms with Gasteiger partial charge in [0, 0.05) is 0 Å². The highest BCUT2D eigenvalue weighted by Crippen LogP contribution is 2.24. The van der Waals surface area contributed by atoms with Crippen molar-refractivity contribution in [3.05, 3.63) is 70.3 Å². The minimum absolute atomic E-state index is 0.108. The fourth-order valence-corrected chi connectivity index (χ4v) is 2.75. The van der Waals surface area contributed by atoms with Crippen molar-refractivity contribution < 1.29 is 9.47 Å². The summed E-state index contributed by atoms with van der Waals surface area (Å²) in [5, 5.41) is 11.4. The number of nitrogens with zero attached hydrogens (tertiary/aromatic N) is 3.